The molecule has 9 heteroatoms. The summed E-state index contributed by atoms with van der Waals surface area (Å²) in [4.78, 5) is 25.2. The molecule has 0 saturated carbocycles. The number of likely N-dealkylation sites (N-methyl/N-ethyl adjacent to an activating group) is 1. The lowest BCUT2D eigenvalue weighted by atomic mass is 10.1. The average molecular weight is 434 g/mol. The molecule has 0 atom stereocenters. The third-order valence-electron chi connectivity index (χ3n) is 5.22. The van der Waals surface area contributed by atoms with Gasteiger partial charge in [-0.3, -0.25) is 9.89 Å². The minimum absolute atomic E-state index is 0.0220. The molecule has 0 spiro atoms. The molecule has 0 bridgehead atoms. The van der Waals surface area contributed by atoms with E-state index in [-0.39, 0.29) is 11.8 Å². The number of ether oxygens (including phenoxy) is 1. The maximum atomic E-state index is 11.6. The summed E-state index contributed by atoms with van der Waals surface area (Å²) in [5.41, 5.74) is 1.85. The van der Waals surface area contributed by atoms with Crippen LogP contribution in [0.25, 0.3) is 0 Å². The summed E-state index contributed by atoms with van der Waals surface area (Å²) in [6.45, 7) is 9.13. The van der Waals surface area contributed by atoms with Crippen molar-refractivity contribution in [2.24, 2.45) is 0 Å². The number of rotatable bonds is 8. The number of benzene rings is 1. The molecule has 2 aromatic heterocycles. The summed E-state index contributed by atoms with van der Waals surface area (Å²) in [5.74, 6) is 2.64. The Labute approximate surface area is 187 Å². The van der Waals surface area contributed by atoms with Gasteiger partial charge in [0.25, 0.3) is 0 Å². The molecule has 1 aliphatic heterocycles. The predicted octanol–water partition coefficient (Wildman–Crippen LogP) is 3.09. The number of aromatic amines is 1. The fourth-order valence-corrected chi connectivity index (χ4v) is 3.39. The lowest BCUT2D eigenvalue weighted by molar-refractivity contribution is -0.114. The minimum Gasteiger partial charge on any atom is -0.424 e. The van der Waals surface area contributed by atoms with Crippen molar-refractivity contribution in [3.05, 3.63) is 60.3 Å². The lowest BCUT2D eigenvalue weighted by Gasteiger charge is -2.33. The molecule has 0 amide bonds. The molecule has 0 unspecified atom stereocenters. The van der Waals surface area contributed by atoms with Gasteiger partial charge in [0.15, 0.2) is 11.6 Å². The first-order chi connectivity index (χ1) is 15.5. The number of hydrogen-bond acceptors (Lipinski definition) is 8. The first kappa shape index (κ1) is 21.5. The van der Waals surface area contributed by atoms with E-state index in [0.29, 0.717) is 23.8 Å². The Hall–Kier alpha value is -3.72. The number of aryl methyl sites for hydroxylation is 1. The van der Waals surface area contributed by atoms with Crippen LogP contribution in [0.5, 0.6) is 11.8 Å². The molecular formula is C23H27N7O2. The van der Waals surface area contributed by atoms with Gasteiger partial charge >= 0.3 is 6.01 Å². The molecule has 4 rings (SSSR count). The predicted molar refractivity (Wildman–Crippen MR) is 124 cm³/mol. The number of hydrogen-bond donors (Lipinski definition) is 2. The summed E-state index contributed by atoms with van der Waals surface area (Å²) < 4.78 is 5.97. The van der Waals surface area contributed by atoms with Gasteiger partial charge in [-0.15, -0.1) is 0 Å². The molecule has 2 N–H and O–H groups in total. The van der Waals surface area contributed by atoms with Crippen LogP contribution in [0, 0.1) is 6.92 Å². The highest BCUT2D eigenvalue weighted by Crippen LogP contribution is 2.26. The first-order valence-corrected chi connectivity index (χ1v) is 10.5. The van der Waals surface area contributed by atoms with Crippen molar-refractivity contribution < 1.29 is 9.53 Å². The van der Waals surface area contributed by atoms with Gasteiger partial charge in [-0.1, -0.05) is 18.7 Å². The van der Waals surface area contributed by atoms with Gasteiger partial charge in [0.2, 0.25) is 0 Å². The summed E-state index contributed by atoms with van der Waals surface area (Å²) >= 11 is 0. The molecule has 166 valence electrons. The molecular weight excluding hydrogens is 406 g/mol. The number of nitrogens with zero attached hydrogens (tertiary/aromatic N) is 5. The Kier molecular flexibility index (Phi) is 6.46. The zero-order valence-electron chi connectivity index (χ0n) is 18.3. The highest BCUT2D eigenvalue weighted by Gasteiger charge is 2.18. The maximum absolute atomic E-state index is 11.6. The van der Waals surface area contributed by atoms with E-state index in [1.54, 1.807) is 0 Å². The van der Waals surface area contributed by atoms with E-state index in [2.05, 4.69) is 48.9 Å². The average Bonchev–Trinajstić information content (AvgIpc) is 3.19. The van der Waals surface area contributed by atoms with Crippen LogP contribution in [0.1, 0.15) is 11.3 Å². The van der Waals surface area contributed by atoms with Crippen molar-refractivity contribution in [2.45, 2.75) is 13.3 Å². The van der Waals surface area contributed by atoms with Gasteiger partial charge in [-0.05, 0) is 37.7 Å². The van der Waals surface area contributed by atoms with E-state index in [4.69, 9.17) is 4.74 Å². The quantitative estimate of drug-likeness (QED) is 0.523. The third kappa shape index (κ3) is 5.50. The van der Waals surface area contributed by atoms with E-state index in [0.717, 1.165) is 43.3 Å². The summed E-state index contributed by atoms with van der Waals surface area (Å²) in [7, 11) is 2.12. The molecule has 1 fully saturated rings. The van der Waals surface area contributed by atoms with E-state index in [1.165, 1.54) is 6.08 Å². The van der Waals surface area contributed by atoms with Crippen molar-refractivity contribution in [2.75, 3.05) is 43.4 Å². The normalized spacial score (nSPS) is 14.2. The zero-order chi connectivity index (χ0) is 22.5. The summed E-state index contributed by atoms with van der Waals surface area (Å²) in [5, 5.41) is 10.4. The Balaban J connectivity index is 1.56. The van der Waals surface area contributed by atoms with Crippen LogP contribution in [0.4, 0.5) is 17.5 Å². The van der Waals surface area contributed by atoms with Gasteiger partial charge in [-0.2, -0.15) is 15.1 Å². The second-order valence-electron chi connectivity index (χ2n) is 7.84. The highest BCUT2D eigenvalue weighted by atomic mass is 16.5. The van der Waals surface area contributed by atoms with Crippen LogP contribution in [-0.2, 0) is 11.2 Å². The fraction of sp³-hybridized carbons (Fsp3) is 0.304. The minimum atomic E-state index is -0.0220. The number of nitrogens with one attached hydrogen (secondary N) is 2. The first-order valence-electron chi connectivity index (χ1n) is 10.5. The summed E-state index contributed by atoms with van der Waals surface area (Å²) in [6.07, 6.45) is 1.65. The van der Waals surface area contributed by atoms with Gasteiger partial charge in [0.05, 0.1) is 0 Å². The molecule has 1 aliphatic rings. The second kappa shape index (κ2) is 9.61. The van der Waals surface area contributed by atoms with E-state index < -0.39 is 0 Å². The molecule has 0 radical (unpaired) electrons. The van der Waals surface area contributed by atoms with Crippen LogP contribution in [0.15, 0.2) is 49.1 Å². The molecule has 32 heavy (non-hydrogen) atoms. The van der Waals surface area contributed by atoms with Crippen LogP contribution < -0.4 is 15.0 Å². The van der Waals surface area contributed by atoms with Crippen molar-refractivity contribution >= 4 is 23.2 Å². The number of anilines is 3. The standard InChI is InChI=1S/C23H27N7O2/c1-4-18(31)14-17-5-7-19(8-6-17)32-23-25-20(24-21-13-16(2)27-28-21)15-22(26-23)30-11-9-29(3)10-12-30/h4-8,13,15H,1,9-12,14H2,2-3H3,(H2,24,25,26,27,28). The number of piperazine rings is 1. The molecule has 9 nitrogen and oxygen atoms in total. The molecule has 0 aliphatic carbocycles. The zero-order valence-corrected chi connectivity index (χ0v) is 18.3. The Morgan fingerprint density at radius 2 is 1.91 bits per heavy atom. The van der Waals surface area contributed by atoms with Gasteiger partial charge in [-0.25, -0.2) is 0 Å². The lowest BCUT2D eigenvalue weighted by Crippen LogP contribution is -2.44. The summed E-state index contributed by atoms with van der Waals surface area (Å²) in [6, 6.07) is 11.4. The Bertz CT molecular complexity index is 1090. The van der Waals surface area contributed by atoms with Crippen LogP contribution in [0.2, 0.25) is 0 Å². The number of H-pyrrole nitrogens is 1. The Morgan fingerprint density at radius 1 is 1.16 bits per heavy atom. The second-order valence-corrected chi connectivity index (χ2v) is 7.84. The number of carbonyl (C=O) groups is 1. The fourth-order valence-electron chi connectivity index (χ4n) is 3.39. The van der Waals surface area contributed by atoms with E-state index >= 15 is 0 Å². The van der Waals surface area contributed by atoms with Crippen LogP contribution >= 0.6 is 0 Å². The monoisotopic (exact) mass is 433 g/mol. The Morgan fingerprint density at radius 3 is 2.56 bits per heavy atom. The highest BCUT2D eigenvalue weighted by molar-refractivity contribution is 5.90. The molecule has 3 aromatic rings. The molecule has 1 aromatic carbocycles. The topological polar surface area (TPSA) is 99.3 Å². The smallest absolute Gasteiger partial charge is 0.325 e. The maximum Gasteiger partial charge on any atom is 0.325 e. The van der Waals surface area contributed by atoms with E-state index in [9.17, 15) is 4.79 Å². The largest absolute Gasteiger partial charge is 0.424 e. The van der Waals surface area contributed by atoms with Crippen molar-refractivity contribution in [3.8, 4) is 11.8 Å². The van der Waals surface area contributed by atoms with Crippen LogP contribution in [0.3, 0.4) is 0 Å². The van der Waals surface area contributed by atoms with Gasteiger partial charge < -0.3 is 19.9 Å². The van der Waals surface area contributed by atoms with Crippen molar-refractivity contribution in [1.29, 1.82) is 0 Å². The number of aromatic nitrogens is 4. The van der Waals surface area contributed by atoms with E-state index in [1.807, 2.05) is 43.3 Å². The van der Waals surface area contributed by atoms with Gasteiger partial charge in [0.1, 0.15) is 17.4 Å². The van der Waals surface area contributed by atoms with Crippen molar-refractivity contribution in [1.82, 2.24) is 25.1 Å². The molecule has 1 saturated heterocycles. The third-order valence-corrected chi connectivity index (χ3v) is 5.22. The number of carbonyl (C=O) groups excluding carboxylic acids is 1. The number of ketones is 1. The number of allylic oxidation sites excluding steroid dienone is 1. The SMILES string of the molecule is C=CC(=O)Cc1ccc(Oc2nc(Nc3cc(C)[nH]n3)cc(N3CCN(C)CC3)n2)cc1. The molecule has 3 heterocycles. The van der Waals surface area contributed by atoms with Crippen molar-refractivity contribution in [3.63, 3.8) is 0 Å². The van der Waals surface area contributed by atoms with Crippen LogP contribution in [-0.4, -0.2) is 64.1 Å². The van der Waals surface area contributed by atoms with Gasteiger partial charge in [0, 0.05) is 50.4 Å².